The Morgan fingerprint density at radius 3 is 2.65 bits per heavy atom. The van der Waals surface area contributed by atoms with Crippen LogP contribution in [0.3, 0.4) is 0 Å². The molecule has 2 rings (SSSR count). The van der Waals surface area contributed by atoms with E-state index in [-0.39, 0.29) is 6.03 Å². The third kappa shape index (κ3) is 3.36. The molecule has 1 aromatic heterocycles. The lowest BCUT2D eigenvalue weighted by Gasteiger charge is -2.10. The second-order valence-corrected chi connectivity index (χ2v) is 6.11. The first-order chi connectivity index (χ1) is 9.47. The molecule has 5 heteroatoms. The monoisotopic (exact) mass is 289 g/mol. The molecule has 0 fully saturated rings. The highest BCUT2D eigenvalue weighted by Crippen LogP contribution is 2.25. The molecule has 0 aliphatic heterocycles. The van der Waals surface area contributed by atoms with Crippen molar-refractivity contribution in [2.45, 2.75) is 33.6 Å². The molecule has 0 saturated heterocycles. The van der Waals surface area contributed by atoms with E-state index in [2.05, 4.69) is 29.5 Å². The number of anilines is 2. The van der Waals surface area contributed by atoms with Crippen molar-refractivity contribution < 1.29 is 4.79 Å². The van der Waals surface area contributed by atoms with Crippen molar-refractivity contribution in [1.29, 1.82) is 0 Å². The fraction of sp³-hybridized carbons (Fsp3) is 0.333. The molecule has 0 radical (unpaired) electrons. The number of hydrogen-bond acceptors (Lipinski definition) is 3. The largest absolute Gasteiger partial charge is 0.325 e. The summed E-state index contributed by atoms with van der Waals surface area (Å²) in [4.78, 5) is 17.3. The van der Waals surface area contributed by atoms with E-state index < -0.39 is 0 Å². The summed E-state index contributed by atoms with van der Waals surface area (Å²) in [5.41, 5.74) is 3.05. The Kier molecular flexibility index (Phi) is 4.39. The van der Waals surface area contributed by atoms with Gasteiger partial charge in [0.2, 0.25) is 0 Å². The molecule has 0 aliphatic carbocycles. The Bertz CT molecular complexity index is 619. The molecule has 2 N–H and O–H groups in total. The van der Waals surface area contributed by atoms with E-state index in [1.807, 2.05) is 38.2 Å². The Hall–Kier alpha value is -1.88. The molecule has 0 saturated carbocycles. The first-order valence-electron chi connectivity index (χ1n) is 6.57. The van der Waals surface area contributed by atoms with Crippen LogP contribution in [0.5, 0.6) is 0 Å². The molecule has 0 spiro atoms. The van der Waals surface area contributed by atoms with Crippen molar-refractivity contribution in [3.63, 3.8) is 0 Å². The first-order valence-corrected chi connectivity index (χ1v) is 7.39. The molecule has 2 amide bonds. The summed E-state index contributed by atoms with van der Waals surface area (Å²) in [5.74, 6) is 0.421. The number of carbonyl (C=O) groups excluding carboxylic acids is 1. The van der Waals surface area contributed by atoms with Gasteiger partial charge in [0.05, 0.1) is 0 Å². The smallest absolute Gasteiger partial charge is 0.307 e. The van der Waals surface area contributed by atoms with Crippen LogP contribution in [0.1, 0.15) is 35.8 Å². The zero-order valence-electron chi connectivity index (χ0n) is 12.2. The highest BCUT2D eigenvalue weighted by atomic mass is 32.1. The molecule has 0 aliphatic rings. The maximum atomic E-state index is 12.0. The lowest BCUT2D eigenvalue weighted by atomic mass is 10.1. The van der Waals surface area contributed by atoms with Crippen LogP contribution in [0, 0.1) is 13.8 Å². The summed E-state index contributed by atoms with van der Waals surface area (Å²) in [6.07, 6.45) is 1.81. The number of urea groups is 1. The minimum atomic E-state index is -0.261. The van der Waals surface area contributed by atoms with Gasteiger partial charge in [0.25, 0.3) is 0 Å². The van der Waals surface area contributed by atoms with Gasteiger partial charge in [-0.1, -0.05) is 26.0 Å². The quantitative estimate of drug-likeness (QED) is 0.872. The minimum Gasteiger partial charge on any atom is -0.307 e. The van der Waals surface area contributed by atoms with Crippen molar-refractivity contribution in [3.8, 4) is 0 Å². The van der Waals surface area contributed by atoms with Gasteiger partial charge in [-0.3, -0.25) is 5.32 Å². The van der Waals surface area contributed by atoms with E-state index in [0.717, 1.165) is 21.7 Å². The SMILES string of the molecule is Cc1cccc(NC(=O)Nc2ncc(C(C)C)s2)c1C. The number of hydrogen-bond donors (Lipinski definition) is 2. The van der Waals surface area contributed by atoms with Crippen molar-refractivity contribution in [2.75, 3.05) is 10.6 Å². The molecule has 0 atom stereocenters. The van der Waals surface area contributed by atoms with Crippen LogP contribution in [0.25, 0.3) is 0 Å². The first kappa shape index (κ1) is 14.5. The van der Waals surface area contributed by atoms with Crippen LogP contribution in [-0.4, -0.2) is 11.0 Å². The van der Waals surface area contributed by atoms with Gasteiger partial charge in [0.1, 0.15) is 0 Å². The fourth-order valence-corrected chi connectivity index (χ4v) is 2.56. The van der Waals surface area contributed by atoms with Crippen molar-refractivity contribution in [1.82, 2.24) is 4.98 Å². The number of aryl methyl sites for hydroxylation is 1. The third-order valence-corrected chi connectivity index (χ3v) is 4.38. The maximum Gasteiger partial charge on any atom is 0.325 e. The number of nitrogens with one attached hydrogen (secondary N) is 2. The minimum absolute atomic E-state index is 0.261. The van der Waals surface area contributed by atoms with E-state index in [4.69, 9.17) is 0 Å². The Balaban J connectivity index is 2.03. The van der Waals surface area contributed by atoms with Gasteiger partial charge in [-0.25, -0.2) is 9.78 Å². The molecule has 1 aromatic carbocycles. The molecular weight excluding hydrogens is 270 g/mol. The van der Waals surface area contributed by atoms with Gasteiger partial charge in [0, 0.05) is 16.8 Å². The molecule has 20 heavy (non-hydrogen) atoms. The van der Waals surface area contributed by atoms with Gasteiger partial charge in [-0.15, -0.1) is 11.3 Å². The van der Waals surface area contributed by atoms with Crippen LogP contribution >= 0.6 is 11.3 Å². The van der Waals surface area contributed by atoms with E-state index in [1.165, 1.54) is 11.3 Å². The Labute approximate surface area is 123 Å². The number of benzene rings is 1. The van der Waals surface area contributed by atoms with Gasteiger partial charge < -0.3 is 5.32 Å². The van der Waals surface area contributed by atoms with Crippen LogP contribution in [0.2, 0.25) is 0 Å². The predicted octanol–water partition coefficient (Wildman–Crippen LogP) is 4.53. The van der Waals surface area contributed by atoms with Gasteiger partial charge in [0.15, 0.2) is 5.13 Å². The zero-order valence-corrected chi connectivity index (χ0v) is 13.0. The number of amides is 2. The van der Waals surface area contributed by atoms with Crippen molar-refractivity contribution in [2.24, 2.45) is 0 Å². The van der Waals surface area contributed by atoms with Gasteiger partial charge in [-0.2, -0.15) is 0 Å². The number of aromatic nitrogens is 1. The average molecular weight is 289 g/mol. The summed E-state index contributed by atoms with van der Waals surface area (Å²) in [6.45, 7) is 8.22. The Morgan fingerprint density at radius 1 is 1.25 bits per heavy atom. The number of thiazole rings is 1. The maximum absolute atomic E-state index is 12.0. The van der Waals surface area contributed by atoms with E-state index in [9.17, 15) is 4.79 Å². The highest BCUT2D eigenvalue weighted by Gasteiger charge is 2.10. The van der Waals surface area contributed by atoms with Gasteiger partial charge in [-0.05, 0) is 37.0 Å². The van der Waals surface area contributed by atoms with Crippen LogP contribution in [-0.2, 0) is 0 Å². The van der Waals surface area contributed by atoms with E-state index in [1.54, 1.807) is 0 Å². The summed E-state index contributed by atoms with van der Waals surface area (Å²) < 4.78 is 0. The molecule has 106 valence electrons. The highest BCUT2D eigenvalue weighted by molar-refractivity contribution is 7.15. The average Bonchev–Trinajstić information content (AvgIpc) is 2.83. The predicted molar refractivity (Wildman–Crippen MR) is 84.8 cm³/mol. The second kappa shape index (κ2) is 6.05. The summed E-state index contributed by atoms with van der Waals surface area (Å²) in [5, 5.41) is 6.25. The Morgan fingerprint density at radius 2 is 2.00 bits per heavy atom. The van der Waals surface area contributed by atoms with Crippen molar-refractivity contribution in [3.05, 3.63) is 40.4 Å². The fourth-order valence-electron chi connectivity index (χ4n) is 1.75. The normalized spacial score (nSPS) is 10.7. The molecule has 1 heterocycles. The van der Waals surface area contributed by atoms with Crippen LogP contribution < -0.4 is 10.6 Å². The number of carbonyl (C=O) groups is 1. The molecular formula is C15H19N3OS. The summed E-state index contributed by atoms with van der Waals surface area (Å²) >= 11 is 1.50. The molecule has 0 unspecified atom stereocenters. The molecule has 2 aromatic rings. The summed E-state index contributed by atoms with van der Waals surface area (Å²) in [6, 6.07) is 5.58. The molecule has 4 nitrogen and oxygen atoms in total. The van der Waals surface area contributed by atoms with Crippen LogP contribution in [0.4, 0.5) is 15.6 Å². The summed E-state index contributed by atoms with van der Waals surface area (Å²) in [7, 11) is 0. The van der Waals surface area contributed by atoms with Gasteiger partial charge >= 0.3 is 6.03 Å². The molecule has 0 bridgehead atoms. The third-order valence-electron chi connectivity index (χ3n) is 3.17. The van der Waals surface area contributed by atoms with Crippen molar-refractivity contribution >= 4 is 28.2 Å². The number of rotatable bonds is 3. The zero-order chi connectivity index (χ0) is 14.7. The second-order valence-electron chi connectivity index (χ2n) is 5.05. The van der Waals surface area contributed by atoms with E-state index >= 15 is 0 Å². The lowest BCUT2D eigenvalue weighted by molar-refractivity contribution is 0.262. The van der Waals surface area contributed by atoms with E-state index in [0.29, 0.717) is 11.0 Å². The topological polar surface area (TPSA) is 54.0 Å². The van der Waals surface area contributed by atoms with Crippen LogP contribution in [0.15, 0.2) is 24.4 Å². The standard InChI is InChI=1S/C15H19N3OS/c1-9(2)13-8-16-15(20-13)18-14(19)17-12-7-5-6-10(3)11(12)4/h5-9H,1-4H3,(H2,16,17,18,19). The lowest BCUT2D eigenvalue weighted by Crippen LogP contribution is -2.19. The number of nitrogens with zero attached hydrogens (tertiary/aromatic N) is 1.